The van der Waals surface area contributed by atoms with Gasteiger partial charge in [-0.2, -0.15) is 5.10 Å². The van der Waals surface area contributed by atoms with E-state index >= 15 is 0 Å². The summed E-state index contributed by atoms with van der Waals surface area (Å²) in [5.74, 6) is 0.324. The molecule has 4 rings (SSSR count). The van der Waals surface area contributed by atoms with E-state index in [2.05, 4.69) is 15.2 Å². The van der Waals surface area contributed by atoms with Crippen LogP contribution in [0.3, 0.4) is 0 Å². The van der Waals surface area contributed by atoms with Crippen LogP contribution in [-0.2, 0) is 10.0 Å². The molecule has 0 spiro atoms. The number of hydrazone groups is 1. The van der Waals surface area contributed by atoms with E-state index in [1.807, 2.05) is 0 Å². The standard InChI is InChI=1S/C21H16ClFN4O4S2/c22-13-2-1-3-15(10-13)26-33(30,31)16-5-6-19(20(12-16)27(28)29)25-24-18-8-9-32-21-7-4-14(23)11-17(18)21/h1-7,10-12,25-26H,8-9H2. The lowest BCUT2D eigenvalue weighted by Crippen LogP contribution is -2.14. The third-order valence-corrected chi connectivity index (χ3v) is 7.40. The van der Waals surface area contributed by atoms with Crippen molar-refractivity contribution in [3.8, 4) is 0 Å². The first-order valence-electron chi connectivity index (χ1n) is 9.55. The Labute approximate surface area is 198 Å². The van der Waals surface area contributed by atoms with Crippen molar-refractivity contribution in [1.29, 1.82) is 0 Å². The normalized spacial score (nSPS) is 14.5. The molecule has 1 heterocycles. The molecule has 0 fully saturated rings. The molecule has 0 amide bonds. The second-order valence-corrected chi connectivity index (χ2v) is 10.2. The number of nitro groups is 1. The Bertz CT molecular complexity index is 1380. The summed E-state index contributed by atoms with van der Waals surface area (Å²) < 4.78 is 41.5. The van der Waals surface area contributed by atoms with Crippen molar-refractivity contribution in [2.24, 2.45) is 5.10 Å². The molecule has 170 valence electrons. The minimum absolute atomic E-state index is 0.00499. The van der Waals surface area contributed by atoms with E-state index in [9.17, 15) is 22.9 Å². The Balaban J connectivity index is 1.63. The van der Waals surface area contributed by atoms with E-state index in [1.165, 1.54) is 36.4 Å². The monoisotopic (exact) mass is 506 g/mol. The number of hydrogen-bond donors (Lipinski definition) is 2. The number of nitrogens with zero attached hydrogens (tertiary/aromatic N) is 2. The number of thioether (sulfide) groups is 1. The highest BCUT2D eigenvalue weighted by molar-refractivity contribution is 7.99. The van der Waals surface area contributed by atoms with Gasteiger partial charge in [0.1, 0.15) is 11.5 Å². The van der Waals surface area contributed by atoms with Crippen molar-refractivity contribution in [2.75, 3.05) is 15.9 Å². The number of halogens is 2. The molecule has 2 N–H and O–H groups in total. The molecule has 3 aromatic carbocycles. The fourth-order valence-electron chi connectivity index (χ4n) is 3.18. The van der Waals surface area contributed by atoms with Crippen molar-refractivity contribution >= 4 is 56.2 Å². The molecule has 0 radical (unpaired) electrons. The first-order valence-corrected chi connectivity index (χ1v) is 12.4. The highest BCUT2D eigenvalue weighted by Gasteiger charge is 2.23. The van der Waals surface area contributed by atoms with Crippen molar-refractivity contribution in [3.05, 3.63) is 87.2 Å². The lowest BCUT2D eigenvalue weighted by molar-refractivity contribution is -0.384. The minimum Gasteiger partial charge on any atom is -0.280 e. The number of anilines is 2. The number of fused-ring (bicyclic) bond motifs is 1. The largest absolute Gasteiger partial charge is 0.295 e. The molecule has 0 unspecified atom stereocenters. The predicted octanol–water partition coefficient (Wildman–Crippen LogP) is 5.50. The molecule has 1 aliphatic heterocycles. The third kappa shape index (κ3) is 5.27. The highest BCUT2D eigenvalue weighted by atomic mass is 35.5. The van der Waals surface area contributed by atoms with E-state index in [-0.39, 0.29) is 16.3 Å². The minimum atomic E-state index is -4.10. The van der Waals surface area contributed by atoms with Crippen LogP contribution in [0.4, 0.5) is 21.5 Å². The molecule has 0 saturated heterocycles. The number of benzene rings is 3. The van der Waals surface area contributed by atoms with Crippen LogP contribution in [0.15, 0.2) is 75.6 Å². The summed E-state index contributed by atoms with van der Waals surface area (Å²) in [6.45, 7) is 0. The van der Waals surface area contributed by atoms with Crippen molar-refractivity contribution in [2.45, 2.75) is 16.2 Å². The number of nitro benzene ring substituents is 1. The van der Waals surface area contributed by atoms with Gasteiger partial charge in [-0.15, -0.1) is 11.8 Å². The van der Waals surface area contributed by atoms with Gasteiger partial charge in [0.25, 0.3) is 15.7 Å². The van der Waals surface area contributed by atoms with Gasteiger partial charge < -0.3 is 0 Å². The predicted molar refractivity (Wildman–Crippen MR) is 127 cm³/mol. The van der Waals surface area contributed by atoms with Gasteiger partial charge in [0.05, 0.1) is 21.2 Å². The average molecular weight is 507 g/mol. The zero-order valence-corrected chi connectivity index (χ0v) is 19.2. The molecule has 0 bridgehead atoms. The number of rotatable bonds is 6. The zero-order valence-electron chi connectivity index (χ0n) is 16.8. The fourth-order valence-corrected chi connectivity index (χ4v) is 5.45. The van der Waals surface area contributed by atoms with Gasteiger partial charge in [-0.25, -0.2) is 12.8 Å². The molecule has 0 aliphatic carbocycles. The molecule has 0 atom stereocenters. The lowest BCUT2D eigenvalue weighted by Gasteiger charge is -2.17. The van der Waals surface area contributed by atoms with E-state index in [4.69, 9.17) is 11.6 Å². The SMILES string of the molecule is O=[N+]([O-])c1cc(S(=O)(=O)Nc2cccc(Cl)c2)ccc1NN=C1CCSc2ccc(F)cc21. The summed E-state index contributed by atoms with van der Waals surface area (Å²) in [5, 5.41) is 16.2. The van der Waals surface area contributed by atoms with Gasteiger partial charge in [0.2, 0.25) is 0 Å². The van der Waals surface area contributed by atoms with Crippen molar-refractivity contribution in [3.63, 3.8) is 0 Å². The highest BCUT2D eigenvalue weighted by Crippen LogP contribution is 2.32. The Kier molecular flexibility index (Phi) is 6.54. The second kappa shape index (κ2) is 9.38. The smallest absolute Gasteiger partial charge is 0.280 e. The molecule has 12 heteroatoms. The molecule has 8 nitrogen and oxygen atoms in total. The van der Waals surface area contributed by atoms with E-state index < -0.39 is 26.5 Å². The maximum absolute atomic E-state index is 13.7. The van der Waals surface area contributed by atoms with Crippen LogP contribution >= 0.6 is 23.4 Å². The maximum Gasteiger partial charge on any atom is 0.295 e. The van der Waals surface area contributed by atoms with Crippen LogP contribution in [0.5, 0.6) is 0 Å². The Morgan fingerprint density at radius 2 is 1.94 bits per heavy atom. The third-order valence-electron chi connectivity index (χ3n) is 4.71. The van der Waals surface area contributed by atoms with E-state index in [0.29, 0.717) is 22.7 Å². The van der Waals surface area contributed by atoms with E-state index in [1.54, 1.807) is 30.0 Å². The van der Waals surface area contributed by atoms with E-state index in [0.717, 1.165) is 16.7 Å². The number of hydrogen-bond acceptors (Lipinski definition) is 7. The summed E-state index contributed by atoms with van der Waals surface area (Å²) >= 11 is 7.45. The van der Waals surface area contributed by atoms with Crippen LogP contribution in [0.1, 0.15) is 12.0 Å². The van der Waals surface area contributed by atoms with Crippen LogP contribution in [0, 0.1) is 15.9 Å². The second-order valence-electron chi connectivity index (χ2n) is 6.96. The van der Waals surface area contributed by atoms with Gasteiger partial charge in [-0.05, 0) is 48.5 Å². The molecular weight excluding hydrogens is 491 g/mol. The van der Waals surface area contributed by atoms with Crippen molar-refractivity contribution < 1.29 is 17.7 Å². The number of sulfonamides is 1. The fraction of sp³-hybridized carbons (Fsp3) is 0.0952. The van der Waals surface area contributed by atoms with Gasteiger partial charge in [-0.1, -0.05) is 17.7 Å². The van der Waals surface area contributed by atoms with Crippen LogP contribution in [0.25, 0.3) is 0 Å². The summed E-state index contributed by atoms with van der Waals surface area (Å²) in [4.78, 5) is 11.5. The summed E-state index contributed by atoms with van der Waals surface area (Å²) in [5.41, 5.74) is 3.56. The first-order chi connectivity index (χ1) is 15.7. The molecular formula is C21H16ClFN4O4S2. The topological polar surface area (TPSA) is 114 Å². The molecule has 0 saturated carbocycles. The molecule has 0 aromatic heterocycles. The summed E-state index contributed by atoms with van der Waals surface area (Å²) in [6.07, 6.45) is 0.540. The molecule has 3 aromatic rings. The maximum atomic E-state index is 13.7. The lowest BCUT2D eigenvalue weighted by atomic mass is 10.1. The first kappa shape index (κ1) is 23.0. The van der Waals surface area contributed by atoms with Crippen molar-refractivity contribution in [1.82, 2.24) is 0 Å². The zero-order chi connectivity index (χ0) is 23.6. The average Bonchev–Trinajstić information content (AvgIpc) is 2.77. The van der Waals surface area contributed by atoms with Gasteiger partial charge in [0, 0.05) is 33.7 Å². The molecule has 1 aliphatic rings. The summed E-state index contributed by atoms with van der Waals surface area (Å²) in [6, 6.07) is 13.9. The Hall–Kier alpha value is -3.15. The molecule has 33 heavy (non-hydrogen) atoms. The Morgan fingerprint density at radius 3 is 2.70 bits per heavy atom. The van der Waals surface area contributed by atoms with Gasteiger partial charge in [0.15, 0.2) is 0 Å². The number of nitrogens with one attached hydrogen (secondary N) is 2. The van der Waals surface area contributed by atoms with Crippen LogP contribution in [-0.4, -0.2) is 24.8 Å². The Morgan fingerprint density at radius 1 is 1.12 bits per heavy atom. The van der Waals surface area contributed by atoms with Gasteiger partial charge in [-0.3, -0.25) is 20.3 Å². The van der Waals surface area contributed by atoms with Crippen LogP contribution in [0.2, 0.25) is 5.02 Å². The van der Waals surface area contributed by atoms with Crippen LogP contribution < -0.4 is 10.1 Å². The van der Waals surface area contributed by atoms with Gasteiger partial charge >= 0.3 is 0 Å². The summed E-state index contributed by atoms with van der Waals surface area (Å²) in [7, 11) is -4.10. The quantitative estimate of drug-likeness (QED) is 0.337.